The van der Waals surface area contributed by atoms with Crippen LogP contribution in [0.15, 0.2) is 23.1 Å². The molecule has 7 nitrogen and oxygen atoms in total. The first kappa shape index (κ1) is 23.4. The van der Waals surface area contributed by atoms with Crippen molar-refractivity contribution >= 4 is 23.2 Å². The number of hydrogen-bond donors (Lipinski definition) is 2. The van der Waals surface area contributed by atoms with Crippen molar-refractivity contribution in [1.82, 2.24) is 20.0 Å². The Morgan fingerprint density at radius 1 is 1.23 bits per heavy atom. The van der Waals surface area contributed by atoms with E-state index >= 15 is 0 Å². The zero-order chi connectivity index (χ0) is 22.7. The highest BCUT2D eigenvalue weighted by Gasteiger charge is 2.28. The van der Waals surface area contributed by atoms with Gasteiger partial charge in [0.2, 0.25) is 0 Å². The van der Waals surface area contributed by atoms with Crippen molar-refractivity contribution in [3.63, 3.8) is 0 Å². The molecule has 0 unspecified atom stereocenters. The lowest BCUT2D eigenvalue weighted by atomic mass is 9.89. The third-order valence-electron chi connectivity index (χ3n) is 6.44. The van der Waals surface area contributed by atoms with Crippen LogP contribution in [0.3, 0.4) is 0 Å². The minimum absolute atomic E-state index is 0.169. The fourth-order valence-corrected chi connectivity index (χ4v) is 4.88. The first-order chi connectivity index (χ1) is 14.7. The van der Waals surface area contributed by atoms with E-state index in [0.29, 0.717) is 28.2 Å². The summed E-state index contributed by atoms with van der Waals surface area (Å²) in [6.07, 6.45) is 6.28. The highest BCUT2D eigenvalue weighted by molar-refractivity contribution is 6.31. The minimum atomic E-state index is -0.225. The summed E-state index contributed by atoms with van der Waals surface area (Å²) in [6, 6.07) is 4.76. The Kier molecular flexibility index (Phi) is 7.49. The fourth-order valence-electron chi connectivity index (χ4n) is 4.66. The lowest BCUT2D eigenvalue weighted by molar-refractivity contribution is 0.0950. The average Bonchev–Trinajstić information content (AvgIpc) is 3.06. The molecule has 31 heavy (non-hydrogen) atoms. The van der Waals surface area contributed by atoms with Gasteiger partial charge in [0.1, 0.15) is 0 Å². The number of nitrogens with one attached hydrogen (secondary N) is 2. The van der Waals surface area contributed by atoms with Gasteiger partial charge in [-0.25, -0.2) is 0 Å². The number of amides is 1. The van der Waals surface area contributed by atoms with Crippen LogP contribution in [0, 0.1) is 6.92 Å². The molecule has 0 radical (unpaired) electrons. The van der Waals surface area contributed by atoms with Gasteiger partial charge in [0.25, 0.3) is 11.5 Å². The molecule has 1 amide bonds. The second kappa shape index (κ2) is 9.92. The van der Waals surface area contributed by atoms with E-state index in [2.05, 4.69) is 41.2 Å². The maximum Gasteiger partial charge on any atom is 0.269 e. The molecule has 1 heterocycles. The van der Waals surface area contributed by atoms with E-state index in [-0.39, 0.29) is 18.0 Å². The molecule has 1 aliphatic carbocycles. The molecule has 170 valence electrons. The third-order valence-corrected chi connectivity index (χ3v) is 6.65. The lowest BCUT2D eigenvalue weighted by Crippen LogP contribution is -2.42. The highest BCUT2D eigenvalue weighted by Crippen LogP contribution is 2.34. The summed E-state index contributed by atoms with van der Waals surface area (Å²) in [6.45, 7) is 5.16. The molecule has 1 saturated carbocycles. The summed E-state index contributed by atoms with van der Waals surface area (Å²) in [5.74, 6) is -0.225. The van der Waals surface area contributed by atoms with Gasteiger partial charge < -0.3 is 15.1 Å². The summed E-state index contributed by atoms with van der Waals surface area (Å²) in [4.78, 5) is 29.5. The molecule has 2 aromatic rings. The van der Waals surface area contributed by atoms with Crippen LogP contribution in [0.2, 0.25) is 5.02 Å². The first-order valence-electron chi connectivity index (χ1n) is 11.0. The molecule has 1 aliphatic rings. The van der Waals surface area contributed by atoms with Crippen molar-refractivity contribution in [2.24, 2.45) is 7.05 Å². The van der Waals surface area contributed by atoms with Crippen LogP contribution < -0.4 is 15.8 Å². The van der Waals surface area contributed by atoms with Gasteiger partial charge in [0, 0.05) is 48.1 Å². The molecular weight excluding hydrogens is 414 g/mol. The number of carbonyl (C=O) groups is 1. The van der Waals surface area contributed by atoms with Crippen LogP contribution >= 0.6 is 11.6 Å². The molecule has 8 heteroatoms. The quantitative estimate of drug-likeness (QED) is 0.683. The van der Waals surface area contributed by atoms with Crippen LogP contribution in [0.4, 0.5) is 5.69 Å². The second-order valence-electron chi connectivity index (χ2n) is 8.70. The topological polar surface area (TPSA) is 73.4 Å². The molecule has 0 atom stereocenters. The summed E-state index contributed by atoms with van der Waals surface area (Å²) in [5, 5.41) is 6.06. The molecule has 1 aromatic carbocycles. The summed E-state index contributed by atoms with van der Waals surface area (Å²) < 4.78 is 1.58. The van der Waals surface area contributed by atoms with E-state index < -0.39 is 0 Å². The number of nitrogens with zero attached hydrogens (tertiary/aromatic N) is 3. The largest absolute Gasteiger partial charge is 0.369 e. The van der Waals surface area contributed by atoms with Gasteiger partial charge in [0.15, 0.2) is 0 Å². The van der Waals surface area contributed by atoms with Gasteiger partial charge in [-0.1, -0.05) is 11.6 Å². The number of aryl methyl sites for hydroxylation is 1. The van der Waals surface area contributed by atoms with Gasteiger partial charge in [-0.3, -0.25) is 19.4 Å². The molecule has 0 bridgehead atoms. The lowest BCUT2D eigenvalue weighted by Gasteiger charge is -2.40. The maximum absolute atomic E-state index is 13.0. The smallest absolute Gasteiger partial charge is 0.269 e. The molecular formula is C23H34ClN5O2. The number of rotatable bonds is 7. The van der Waals surface area contributed by atoms with E-state index in [4.69, 9.17) is 11.6 Å². The van der Waals surface area contributed by atoms with E-state index in [0.717, 1.165) is 30.6 Å². The number of aromatic amines is 1. The van der Waals surface area contributed by atoms with Crippen molar-refractivity contribution in [3.8, 4) is 0 Å². The predicted molar refractivity (Wildman–Crippen MR) is 126 cm³/mol. The Labute approximate surface area is 189 Å². The highest BCUT2D eigenvalue weighted by atomic mass is 35.5. The van der Waals surface area contributed by atoms with Crippen molar-refractivity contribution in [1.29, 1.82) is 0 Å². The monoisotopic (exact) mass is 447 g/mol. The first-order valence-corrected chi connectivity index (χ1v) is 11.3. The molecule has 0 aliphatic heterocycles. The minimum Gasteiger partial charge on any atom is -0.369 e. The van der Waals surface area contributed by atoms with Crippen LogP contribution in [0.25, 0.3) is 0 Å². The van der Waals surface area contributed by atoms with Gasteiger partial charge >= 0.3 is 0 Å². The molecule has 1 fully saturated rings. The van der Waals surface area contributed by atoms with Gasteiger partial charge in [-0.15, -0.1) is 0 Å². The Hall–Kier alpha value is -2.25. The average molecular weight is 448 g/mol. The summed E-state index contributed by atoms with van der Waals surface area (Å²) in [7, 11) is 6.04. The van der Waals surface area contributed by atoms with Crippen LogP contribution in [-0.4, -0.2) is 53.3 Å². The number of anilines is 1. The van der Waals surface area contributed by atoms with Crippen molar-refractivity contribution in [2.45, 2.75) is 58.2 Å². The Morgan fingerprint density at radius 2 is 1.87 bits per heavy atom. The Balaban J connectivity index is 1.79. The van der Waals surface area contributed by atoms with Crippen LogP contribution in [-0.2, 0) is 13.6 Å². The molecule has 2 N–H and O–H groups in total. The van der Waals surface area contributed by atoms with Crippen molar-refractivity contribution in [3.05, 3.63) is 50.4 Å². The van der Waals surface area contributed by atoms with E-state index in [1.54, 1.807) is 24.0 Å². The van der Waals surface area contributed by atoms with Gasteiger partial charge in [-0.2, -0.15) is 0 Å². The SMILES string of the molecule is CCN(c1cc(Cl)cc(C(=O)NCc2cn(C)[nH]c2=O)c1C)C1CCC(N(C)C)CC1. The van der Waals surface area contributed by atoms with Gasteiger partial charge in [0.05, 0.1) is 12.1 Å². The summed E-state index contributed by atoms with van der Waals surface area (Å²) in [5.41, 5.74) is 2.81. The normalized spacial score (nSPS) is 18.9. The molecule has 3 rings (SSSR count). The zero-order valence-electron chi connectivity index (χ0n) is 19.2. The number of halogens is 1. The van der Waals surface area contributed by atoms with Gasteiger partial charge in [-0.05, 0) is 71.3 Å². The van der Waals surface area contributed by atoms with Crippen molar-refractivity contribution < 1.29 is 4.79 Å². The Morgan fingerprint density at radius 3 is 2.42 bits per heavy atom. The fraction of sp³-hybridized carbons (Fsp3) is 0.565. The predicted octanol–water partition coefficient (Wildman–Crippen LogP) is 3.30. The van der Waals surface area contributed by atoms with Crippen molar-refractivity contribution in [2.75, 3.05) is 25.5 Å². The number of hydrogen-bond acceptors (Lipinski definition) is 4. The van der Waals surface area contributed by atoms with E-state index in [9.17, 15) is 9.59 Å². The number of carbonyl (C=O) groups excluding carboxylic acids is 1. The molecule has 0 saturated heterocycles. The number of H-pyrrole nitrogens is 1. The van der Waals surface area contributed by atoms with E-state index in [1.165, 1.54) is 12.8 Å². The third kappa shape index (κ3) is 5.33. The standard InChI is InChI=1S/C23H34ClN5O2/c1-6-29(19-9-7-18(8-10-19)27(3)4)21-12-17(24)11-20(15(21)2)23(31)25-13-16-14-28(5)26-22(16)30/h11-12,14,18-19H,6-10,13H2,1-5H3,(H,25,31)(H,26,30). The summed E-state index contributed by atoms with van der Waals surface area (Å²) >= 11 is 6.44. The van der Waals surface area contributed by atoms with Crippen LogP contribution in [0.5, 0.6) is 0 Å². The van der Waals surface area contributed by atoms with Crippen LogP contribution in [0.1, 0.15) is 54.1 Å². The second-order valence-corrected chi connectivity index (χ2v) is 9.13. The van der Waals surface area contributed by atoms with E-state index in [1.807, 2.05) is 13.0 Å². The maximum atomic E-state index is 13.0. The Bertz CT molecular complexity index is 973. The molecule has 0 spiro atoms. The molecule has 1 aromatic heterocycles. The zero-order valence-corrected chi connectivity index (χ0v) is 19.9. The number of benzene rings is 1. The number of aromatic nitrogens is 2.